The summed E-state index contributed by atoms with van der Waals surface area (Å²) < 4.78 is 22.1. The molecule has 0 aliphatic carbocycles. The molecule has 116 valence electrons. The average molecular weight is 319 g/mol. The van der Waals surface area contributed by atoms with Crippen molar-refractivity contribution >= 4 is 15.2 Å². The van der Waals surface area contributed by atoms with Crippen LogP contribution in [0.15, 0.2) is 0 Å². The van der Waals surface area contributed by atoms with Gasteiger partial charge in [-0.25, -0.2) is 0 Å². The largest absolute Gasteiger partial charge is 0.378 e. The third kappa shape index (κ3) is 7.54. The minimum atomic E-state index is -4.97. The molecule has 0 rings (SSSR count). The lowest BCUT2D eigenvalue weighted by atomic mass is 10.2. The molecule has 0 aromatic carbocycles. The lowest BCUT2D eigenvalue weighted by molar-refractivity contribution is 0.0153. The highest BCUT2D eigenvalue weighted by Crippen LogP contribution is 2.61. The van der Waals surface area contributed by atoms with Gasteiger partial charge < -0.3 is 24.7 Å². The van der Waals surface area contributed by atoms with Gasteiger partial charge in [0.15, 0.2) is 5.40 Å². The van der Waals surface area contributed by atoms with Gasteiger partial charge in [-0.1, -0.05) is 19.8 Å². The van der Waals surface area contributed by atoms with Gasteiger partial charge in [-0.05, 0) is 13.5 Å². The Kier molecular flexibility index (Phi) is 7.95. The van der Waals surface area contributed by atoms with Gasteiger partial charge in [0.25, 0.3) is 0 Å². The summed E-state index contributed by atoms with van der Waals surface area (Å²) in [5.74, 6) is 0. The van der Waals surface area contributed by atoms with Gasteiger partial charge in [0, 0.05) is 13.0 Å². The molecule has 10 heteroatoms. The summed E-state index contributed by atoms with van der Waals surface area (Å²) >= 11 is 0. The topological polar surface area (TPSA) is 139 Å². The highest BCUT2D eigenvalue weighted by atomic mass is 31.2. The summed E-state index contributed by atoms with van der Waals surface area (Å²) in [6.45, 7) is 2.50. The average Bonchev–Trinajstić information content (AvgIpc) is 2.22. The fraction of sp³-hybridized carbons (Fsp3) is 1.00. The van der Waals surface area contributed by atoms with E-state index in [4.69, 9.17) is 19.6 Å². The standard InChI is InChI=1S/C9H23NO7P2/c1-3-4-5-6-10(2)8(11)7-9(18(12,13)14)19(15,16)17/h8-9,11H,3-7H2,1-2H3,(H2,12,13,14)(H2,15,16,17). The fourth-order valence-electron chi connectivity index (χ4n) is 1.60. The van der Waals surface area contributed by atoms with E-state index in [9.17, 15) is 14.2 Å². The lowest BCUT2D eigenvalue weighted by Crippen LogP contribution is -2.35. The Morgan fingerprint density at radius 2 is 1.53 bits per heavy atom. The van der Waals surface area contributed by atoms with E-state index in [2.05, 4.69) is 0 Å². The van der Waals surface area contributed by atoms with Gasteiger partial charge in [0.05, 0.1) is 0 Å². The van der Waals surface area contributed by atoms with Crippen LogP contribution in [0.4, 0.5) is 0 Å². The predicted molar refractivity (Wildman–Crippen MR) is 70.7 cm³/mol. The second kappa shape index (κ2) is 7.86. The smallest absolute Gasteiger partial charge is 0.340 e. The van der Waals surface area contributed by atoms with Crippen molar-refractivity contribution in [2.24, 2.45) is 0 Å². The summed E-state index contributed by atoms with van der Waals surface area (Å²) in [4.78, 5) is 37.2. The summed E-state index contributed by atoms with van der Waals surface area (Å²) in [5.41, 5.74) is 0. The minimum Gasteiger partial charge on any atom is -0.378 e. The van der Waals surface area contributed by atoms with Crippen LogP contribution in [-0.2, 0) is 9.13 Å². The zero-order valence-electron chi connectivity index (χ0n) is 11.1. The Morgan fingerprint density at radius 3 is 1.89 bits per heavy atom. The SMILES string of the molecule is CCCCCN(C)C(O)CC(P(=O)(O)O)P(=O)(O)O. The van der Waals surface area contributed by atoms with Crippen LogP contribution in [0.2, 0.25) is 0 Å². The van der Waals surface area contributed by atoms with Crippen molar-refractivity contribution < 1.29 is 33.8 Å². The number of unbranched alkanes of at least 4 members (excludes halogenated alkanes) is 2. The zero-order chi connectivity index (χ0) is 15.3. The van der Waals surface area contributed by atoms with E-state index in [0.29, 0.717) is 6.54 Å². The maximum absolute atomic E-state index is 11.1. The van der Waals surface area contributed by atoms with Crippen LogP contribution in [-0.4, -0.2) is 54.8 Å². The molecular formula is C9H23NO7P2. The van der Waals surface area contributed by atoms with Crippen LogP contribution in [0.25, 0.3) is 0 Å². The molecule has 0 radical (unpaired) electrons. The van der Waals surface area contributed by atoms with Gasteiger partial charge in [-0.3, -0.25) is 14.0 Å². The van der Waals surface area contributed by atoms with Crippen LogP contribution in [0, 0.1) is 0 Å². The van der Waals surface area contributed by atoms with Crippen LogP contribution < -0.4 is 0 Å². The van der Waals surface area contributed by atoms with E-state index in [1.54, 1.807) is 0 Å². The normalized spacial score (nSPS) is 15.2. The molecule has 0 saturated heterocycles. The second-order valence-corrected chi connectivity index (χ2v) is 8.57. The molecule has 0 spiro atoms. The van der Waals surface area contributed by atoms with Crippen LogP contribution in [0.3, 0.4) is 0 Å². The van der Waals surface area contributed by atoms with Gasteiger partial charge in [-0.15, -0.1) is 0 Å². The zero-order valence-corrected chi connectivity index (χ0v) is 12.9. The Morgan fingerprint density at radius 1 is 1.05 bits per heavy atom. The van der Waals surface area contributed by atoms with E-state index in [0.717, 1.165) is 19.3 Å². The van der Waals surface area contributed by atoms with Crippen LogP contribution in [0.1, 0.15) is 32.6 Å². The maximum Gasteiger partial charge on any atom is 0.340 e. The first-order valence-electron chi connectivity index (χ1n) is 5.98. The highest BCUT2D eigenvalue weighted by molar-refractivity contribution is 7.70. The van der Waals surface area contributed by atoms with E-state index in [1.165, 1.54) is 11.9 Å². The third-order valence-electron chi connectivity index (χ3n) is 2.82. The van der Waals surface area contributed by atoms with Crippen LogP contribution in [0.5, 0.6) is 0 Å². The van der Waals surface area contributed by atoms with Gasteiger partial charge >= 0.3 is 15.2 Å². The molecule has 8 nitrogen and oxygen atoms in total. The monoisotopic (exact) mass is 319 g/mol. The number of hydrogen-bond donors (Lipinski definition) is 5. The molecular weight excluding hydrogens is 296 g/mol. The van der Waals surface area contributed by atoms with Gasteiger partial charge in [0.1, 0.15) is 6.23 Å². The molecule has 1 unspecified atom stereocenters. The summed E-state index contributed by atoms with van der Waals surface area (Å²) in [5, 5.41) is 7.59. The Balaban J connectivity index is 4.60. The van der Waals surface area contributed by atoms with Crippen molar-refractivity contribution in [2.45, 2.75) is 44.2 Å². The Hall–Kier alpha value is 0.220. The molecule has 0 heterocycles. The first-order chi connectivity index (χ1) is 8.50. The molecule has 0 fully saturated rings. The first kappa shape index (κ1) is 19.2. The van der Waals surface area contributed by atoms with Crippen molar-refractivity contribution in [3.63, 3.8) is 0 Å². The van der Waals surface area contributed by atoms with E-state index in [1.807, 2.05) is 6.92 Å². The van der Waals surface area contributed by atoms with E-state index >= 15 is 0 Å². The summed E-state index contributed by atoms with van der Waals surface area (Å²) in [6.07, 6.45) is 0.745. The number of hydrogen-bond acceptors (Lipinski definition) is 4. The van der Waals surface area contributed by atoms with Crippen LogP contribution >= 0.6 is 15.2 Å². The molecule has 5 N–H and O–H groups in total. The Labute approximate surface area is 112 Å². The molecule has 0 aliphatic heterocycles. The molecule has 0 saturated carbocycles. The molecule has 1 atom stereocenters. The van der Waals surface area contributed by atoms with Gasteiger partial charge in [0.2, 0.25) is 0 Å². The lowest BCUT2D eigenvalue weighted by Gasteiger charge is -2.27. The second-order valence-electron chi connectivity index (χ2n) is 4.56. The van der Waals surface area contributed by atoms with Crippen molar-refractivity contribution in [2.75, 3.05) is 13.6 Å². The van der Waals surface area contributed by atoms with E-state index < -0.39 is 33.2 Å². The maximum atomic E-state index is 11.1. The molecule has 0 bridgehead atoms. The quantitative estimate of drug-likeness (QED) is 0.235. The number of aliphatic hydroxyl groups excluding tert-OH is 1. The molecule has 0 aliphatic rings. The molecule has 0 aromatic heterocycles. The number of rotatable bonds is 9. The number of nitrogens with zero attached hydrogens (tertiary/aromatic N) is 1. The van der Waals surface area contributed by atoms with Crippen molar-refractivity contribution in [3.8, 4) is 0 Å². The van der Waals surface area contributed by atoms with Gasteiger partial charge in [-0.2, -0.15) is 0 Å². The predicted octanol–water partition coefficient (Wildman–Crippen LogP) is 0.498. The number of aliphatic hydroxyl groups is 1. The van der Waals surface area contributed by atoms with Crippen molar-refractivity contribution in [3.05, 3.63) is 0 Å². The highest BCUT2D eigenvalue weighted by Gasteiger charge is 2.44. The summed E-state index contributed by atoms with van der Waals surface area (Å²) in [7, 11) is -8.41. The molecule has 19 heavy (non-hydrogen) atoms. The first-order valence-corrected chi connectivity index (χ1v) is 9.35. The van der Waals surface area contributed by atoms with E-state index in [-0.39, 0.29) is 0 Å². The minimum absolute atomic E-state index is 0.490. The summed E-state index contributed by atoms with van der Waals surface area (Å²) in [6, 6.07) is 0. The van der Waals surface area contributed by atoms with Crippen molar-refractivity contribution in [1.29, 1.82) is 0 Å². The molecule has 0 aromatic rings. The Bertz CT molecular complexity index is 330. The molecule has 0 amide bonds. The third-order valence-corrected chi connectivity index (χ3v) is 6.60. The fourth-order valence-corrected chi connectivity index (χ4v) is 4.09. The van der Waals surface area contributed by atoms with Crippen molar-refractivity contribution in [1.82, 2.24) is 4.90 Å².